The summed E-state index contributed by atoms with van der Waals surface area (Å²) in [5.74, 6) is -3.07. The number of halogens is 3. The second-order valence-corrected chi connectivity index (χ2v) is 8.09. The molecule has 8 nitrogen and oxygen atoms in total. The number of hydrogen-bond acceptors (Lipinski definition) is 8. The summed E-state index contributed by atoms with van der Waals surface area (Å²) < 4.78 is 43.0. The van der Waals surface area contributed by atoms with E-state index in [1.807, 2.05) is 6.92 Å². The van der Waals surface area contributed by atoms with Crippen molar-refractivity contribution in [3.05, 3.63) is 58.9 Å². The van der Waals surface area contributed by atoms with E-state index in [9.17, 15) is 28.5 Å². The maximum atomic E-state index is 14.6. The van der Waals surface area contributed by atoms with Crippen LogP contribution < -0.4 is 10.8 Å². The second-order valence-electron chi connectivity index (χ2n) is 8.09. The molecule has 33 heavy (non-hydrogen) atoms. The molecule has 0 spiro atoms. The lowest BCUT2D eigenvalue weighted by Gasteiger charge is -2.48. The maximum Gasteiger partial charge on any atom is 0.182 e. The van der Waals surface area contributed by atoms with Crippen LogP contribution in [0.3, 0.4) is 0 Å². The number of β-amino-alcohol motifs (C(OH)–C–C–N with tert-alkyl or cyclic N) is 1. The molecule has 182 valence electrons. The smallest absolute Gasteiger partial charge is 0.182 e. The molecule has 11 heteroatoms. The molecule has 1 heterocycles. The monoisotopic (exact) mass is 471 g/mol. The predicted octanol–water partition coefficient (Wildman–Crippen LogP) is 1.32. The van der Waals surface area contributed by atoms with Gasteiger partial charge in [0.15, 0.2) is 11.6 Å². The number of aliphatic hydroxyl groups excluding tert-OH is 3. The zero-order valence-corrected chi connectivity index (χ0v) is 18.1. The molecule has 1 aliphatic heterocycles. The summed E-state index contributed by atoms with van der Waals surface area (Å²) in [5, 5.41) is 41.7. The Kier molecular flexibility index (Phi) is 8.29. The van der Waals surface area contributed by atoms with Crippen LogP contribution >= 0.6 is 0 Å². The molecule has 2 aromatic carbocycles. The Labute approximate surface area is 189 Å². The quantitative estimate of drug-likeness (QED) is 0.215. The first kappa shape index (κ1) is 25.4. The van der Waals surface area contributed by atoms with Gasteiger partial charge in [0.25, 0.3) is 0 Å². The lowest BCUT2D eigenvalue weighted by molar-refractivity contribution is -0.173. The van der Waals surface area contributed by atoms with E-state index in [4.69, 9.17) is 9.94 Å². The number of rotatable bonds is 11. The van der Waals surface area contributed by atoms with Crippen LogP contribution in [0, 0.1) is 17.5 Å². The van der Waals surface area contributed by atoms with E-state index in [0.29, 0.717) is 6.42 Å². The summed E-state index contributed by atoms with van der Waals surface area (Å²) in [6, 6.07) is 6.42. The summed E-state index contributed by atoms with van der Waals surface area (Å²) in [5.41, 5.74) is 1.44. The summed E-state index contributed by atoms with van der Waals surface area (Å²) in [6.07, 6.45) is -1.86. The lowest BCUT2D eigenvalue weighted by atomic mass is 9.92. The standard InChI is InChI=1S/C22H28F3N3O5/c1-2-13-3-6-18(17(24)7-13)27-20-15(4-5-16(23)19(20)25)21(31)28-11-22(32,12-28)10-26-33-9-14(30)8-29/h3-7,14,21,26-27,29-32H,2,8-12H2,1H3. The third-order valence-electron chi connectivity index (χ3n) is 5.44. The number of likely N-dealkylation sites (tertiary alicyclic amines) is 1. The van der Waals surface area contributed by atoms with Gasteiger partial charge in [-0.1, -0.05) is 13.0 Å². The molecule has 2 aromatic rings. The minimum absolute atomic E-state index is 0.0227. The lowest BCUT2D eigenvalue weighted by Crippen LogP contribution is -2.66. The second kappa shape index (κ2) is 10.8. The molecule has 2 atom stereocenters. The first-order valence-electron chi connectivity index (χ1n) is 10.5. The highest BCUT2D eigenvalue weighted by atomic mass is 19.2. The number of hydrogen-bond donors (Lipinski definition) is 6. The largest absolute Gasteiger partial charge is 0.394 e. The average molecular weight is 471 g/mol. The van der Waals surface area contributed by atoms with Gasteiger partial charge in [-0.2, -0.15) is 5.48 Å². The molecule has 1 aliphatic rings. The van der Waals surface area contributed by atoms with E-state index in [2.05, 4.69) is 10.8 Å². The molecule has 1 fully saturated rings. The first-order chi connectivity index (χ1) is 15.7. The van der Waals surface area contributed by atoms with Crippen LogP contribution in [0.1, 0.15) is 24.3 Å². The van der Waals surface area contributed by atoms with Gasteiger partial charge in [-0.3, -0.25) is 9.74 Å². The fourth-order valence-electron chi connectivity index (χ4n) is 3.51. The number of anilines is 2. The summed E-state index contributed by atoms with van der Waals surface area (Å²) in [6.45, 7) is 1.13. The van der Waals surface area contributed by atoms with Gasteiger partial charge in [0.05, 0.1) is 31.1 Å². The van der Waals surface area contributed by atoms with Crippen molar-refractivity contribution < 1.29 is 38.4 Å². The van der Waals surface area contributed by atoms with Gasteiger partial charge < -0.3 is 25.7 Å². The summed E-state index contributed by atoms with van der Waals surface area (Å²) >= 11 is 0. The van der Waals surface area contributed by atoms with Crippen LogP contribution in [0.15, 0.2) is 30.3 Å². The van der Waals surface area contributed by atoms with Crippen LogP contribution in [0.25, 0.3) is 0 Å². The van der Waals surface area contributed by atoms with Crippen molar-refractivity contribution in [1.82, 2.24) is 10.4 Å². The van der Waals surface area contributed by atoms with Crippen molar-refractivity contribution in [3.8, 4) is 0 Å². The normalized spacial score (nSPS) is 17.5. The third-order valence-corrected chi connectivity index (χ3v) is 5.44. The fourth-order valence-corrected chi connectivity index (χ4v) is 3.51. The van der Waals surface area contributed by atoms with Crippen LogP contribution in [-0.4, -0.2) is 69.9 Å². The Hall–Kier alpha value is -2.25. The molecule has 0 aliphatic carbocycles. The van der Waals surface area contributed by atoms with Crippen molar-refractivity contribution in [2.75, 3.05) is 38.2 Å². The highest BCUT2D eigenvalue weighted by Gasteiger charge is 2.44. The number of aryl methyl sites for hydroxylation is 1. The molecule has 0 saturated carbocycles. The minimum Gasteiger partial charge on any atom is -0.394 e. The van der Waals surface area contributed by atoms with E-state index in [0.717, 1.165) is 11.6 Å². The van der Waals surface area contributed by atoms with Gasteiger partial charge in [0.2, 0.25) is 0 Å². The van der Waals surface area contributed by atoms with Crippen molar-refractivity contribution >= 4 is 11.4 Å². The van der Waals surface area contributed by atoms with Crippen LogP contribution in [0.2, 0.25) is 0 Å². The Morgan fingerprint density at radius 2 is 1.85 bits per heavy atom. The summed E-state index contributed by atoms with van der Waals surface area (Å²) in [4.78, 5) is 6.36. The van der Waals surface area contributed by atoms with Gasteiger partial charge >= 0.3 is 0 Å². The molecular weight excluding hydrogens is 443 g/mol. The molecule has 0 bridgehead atoms. The van der Waals surface area contributed by atoms with Crippen molar-refractivity contribution in [3.63, 3.8) is 0 Å². The van der Waals surface area contributed by atoms with Gasteiger partial charge in [0, 0.05) is 18.7 Å². The molecule has 0 aromatic heterocycles. The first-order valence-corrected chi connectivity index (χ1v) is 10.5. The molecule has 2 unspecified atom stereocenters. The van der Waals surface area contributed by atoms with Crippen molar-refractivity contribution in [1.29, 1.82) is 0 Å². The minimum atomic E-state index is -1.40. The topological polar surface area (TPSA) is 117 Å². The number of hydroxylamine groups is 1. The summed E-state index contributed by atoms with van der Waals surface area (Å²) in [7, 11) is 0. The predicted molar refractivity (Wildman–Crippen MR) is 114 cm³/mol. The Morgan fingerprint density at radius 1 is 1.12 bits per heavy atom. The number of aliphatic hydroxyl groups is 4. The molecular formula is C22H28F3N3O5. The fraction of sp³-hybridized carbons (Fsp3) is 0.455. The van der Waals surface area contributed by atoms with Gasteiger partial charge in [-0.15, -0.1) is 0 Å². The van der Waals surface area contributed by atoms with E-state index in [-0.39, 0.29) is 37.5 Å². The van der Waals surface area contributed by atoms with E-state index >= 15 is 0 Å². The van der Waals surface area contributed by atoms with Crippen LogP contribution in [0.5, 0.6) is 0 Å². The SMILES string of the molecule is CCc1ccc(Nc2c(C(O)N3CC(O)(CNOCC(O)CO)C3)ccc(F)c2F)c(F)c1. The highest BCUT2D eigenvalue weighted by Crippen LogP contribution is 2.36. The molecule has 0 radical (unpaired) electrons. The highest BCUT2D eigenvalue weighted by molar-refractivity contribution is 5.65. The molecule has 3 rings (SSSR count). The number of nitrogens with one attached hydrogen (secondary N) is 2. The zero-order chi connectivity index (χ0) is 24.2. The van der Waals surface area contributed by atoms with Crippen LogP contribution in [0.4, 0.5) is 24.5 Å². The molecule has 0 amide bonds. The Bertz CT molecular complexity index is 959. The van der Waals surface area contributed by atoms with E-state index < -0.39 is 47.7 Å². The molecule has 6 N–H and O–H groups in total. The molecule has 1 saturated heterocycles. The maximum absolute atomic E-state index is 14.6. The van der Waals surface area contributed by atoms with Crippen LogP contribution in [-0.2, 0) is 11.3 Å². The number of benzene rings is 2. The van der Waals surface area contributed by atoms with E-state index in [1.165, 1.54) is 23.1 Å². The Balaban J connectivity index is 1.69. The van der Waals surface area contributed by atoms with E-state index in [1.54, 1.807) is 6.07 Å². The zero-order valence-electron chi connectivity index (χ0n) is 18.1. The van der Waals surface area contributed by atoms with Crippen molar-refractivity contribution in [2.45, 2.75) is 31.3 Å². The Morgan fingerprint density at radius 3 is 2.48 bits per heavy atom. The third kappa shape index (κ3) is 6.01. The average Bonchev–Trinajstić information content (AvgIpc) is 2.78. The van der Waals surface area contributed by atoms with Crippen molar-refractivity contribution in [2.24, 2.45) is 0 Å². The number of nitrogens with zero attached hydrogens (tertiary/aromatic N) is 1. The van der Waals surface area contributed by atoms with Gasteiger partial charge in [-0.05, 0) is 36.2 Å². The van der Waals surface area contributed by atoms with Gasteiger partial charge in [0.1, 0.15) is 23.8 Å². The van der Waals surface area contributed by atoms with Gasteiger partial charge in [-0.25, -0.2) is 13.2 Å².